The smallest absolute Gasteiger partial charge is 0.212 e. The molecule has 0 aliphatic heterocycles. The Kier molecular flexibility index (Phi) is 4.80. The Morgan fingerprint density at radius 2 is 2.21 bits per heavy atom. The number of H-pyrrole nitrogens is 1. The first-order valence-electron chi connectivity index (χ1n) is 6.33. The Hall–Kier alpha value is -1.55. The molecule has 0 aliphatic rings. The van der Waals surface area contributed by atoms with Crippen molar-refractivity contribution in [3.05, 3.63) is 52.3 Å². The summed E-state index contributed by atoms with van der Waals surface area (Å²) in [5.41, 5.74) is 1.14. The van der Waals surface area contributed by atoms with E-state index in [1.807, 2.05) is 18.2 Å². The molecule has 2 aromatic rings. The number of aromatic nitrogens is 1. The lowest BCUT2D eigenvalue weighted by molar-refractivity contribution is 0.103. The maximum absolute atomic E-state index is 12.4. The van der Waals surface area contributed by atoms with Crippen molar-refractivity contribution in [3.63, 3.8) is 0 Å². The van der Waals surface area contributed by atoms with Gasteiger partial charge in [-0.2, -0.15) is 0 Å². The lowest BCUT2D eigenvalue weighted by Gasteiger charge is -2.10. The molecule has 0 unspecified atom stereocenters. The van der Waals surface area contributed by atoms with Gasteiger partial charge in [0.2, 0.25) is 5.78 Å². The number of unbranched alkanes of at least 4 members (excludes halogenated alkanes) is 1. The van der Waals surface area contributed by atoms with Crippen molar-refractivity contribution in [3.8, 4) is 5.75 Å². The number of hydrogen-bond donors (Lipinski definition) is 1. The highest BCUT2D eigenvalue weighted by Gasteiger charge is 2.15. The molecule has 0 atom stereocenters. The largest absolute Gasteiger partial charge is 0.493 e. The van der Waals surface area contributed by atoms with E-state index in [2.05, 4.69) is 27.8 Å². The van der Waals surface area contributed by atoms with Crippen LogP contribution in [0, 0.1) is 0 Å². The number of halogens is 1. The summed E-state index contributed by atoms with van der Waals surface area (Å²) in [5.74, 6) is 0.578. The molecule has 0 spiro atoms. The molecule has 2 rings (SSSR count). The fraction of sp³-hybridized carbons (Fsp3) is 0.267. The summed E-state index contributed by atoms with van der Waals surface area (Å²) in [5, 5.41) is 0. The second kappa shape index (κ2) is 6.57. The molecule has 4 heteroatoms. The number of rotatable bonds is 6. The molecular weight excluding hydrogens is 306 g/mol. The third-order valence-electron chi connectivity index (χ3n) is 2.78. The SMILES string of the molecule is CCCCOc1ccc(Br)cc1C(=O)c1ccc[nH]1. The van der Waals surface area contributed by atoms with Crippen molar-refractivity contribution in [2.24, 2.45) is 0 Å². The maximum Gasteiger partial charge on any atom is 0.212 e. The minimum absolute atomic E-state index is 0.0576. The quantitative estimate of drug-likeness (QED) is 0.640. The van der Waals surface area contributed by atoms with E-state index < -0.39 is 0 Å². The first kappa shape index (κ1) is 13.9. The summed E-state index contributed by atoms with van der Waals surface area (Å²) in [7, 11) is 0. The molecule has 0 fully saturated rings. The number of nitrogens with one attached hydrogen (secondary N) is 1. The van der Waals surface area contributed by atoms with Crippen LogP contribution in [-0.2, 0) is 0 Å². The van der Waals surface area contributed by atoms with Crippen molar-refractivity contribution >= 4 is 21.7 Å². The van der Waals surface area contributed by atoms with Gasteiger partial charge in [-0.05, 0) is 36.8 Å². The van der Waals surface area contributed by atoms with Gasteiger partial charge in [-0.25, -0.2) is 0 Å². The minimum Gasteiger partial charge on any atom is -0.493 e. The molecule has 3 nitrogen and oxygen atoms in total. The Bertz CT molecular complexity index is 549. The first-order valence-corrected chi connectivity index (χ1v) is 7.12. The monoisotopic (exact) mass is 321 g/mol. The molecule has 0 aliphatic carbocycles. The van der Waals surface area contributed by atoms with Crippen LogP contribution in [0.4, 0.5) is 0 Å². The van der Waals surface area contributed by atoms with Crippen LogP contribution in [0.25, 0.3) is 0 Å². The van der Waals surface area contributed by atoms with Gasteiger partial charge in [0.25, 0.3) is 0 Å². The number of ether oxygens (including phenoxy) is 1. The second-order valence-electron chi connectivity index (χ2n) is 4.26. The van der Waals surface area contributed by atoms with Crippen molar-refractivity contribution in [2.45, 2.75) is 19.8 Å². The molecule has 0 saturated carbocycles. The molecule has 0 saturated heterocycles. The Labute approximate surface area is 121 Å². The molecule has 100 valence electrons. The zero-order valence-corrected chi connectivity index (χ0v) is 12.4. The van der Waals surface area contributed by atoms with E-state index in [1.165, 1.54) is 0 Å². The molecule has 1 N–H and O–H groups in total. The first-order chi connectivity index (χ1) is 9.22. The van der Waals surface area contributed by atoms with Gasteiger partial charge in [0.05, 0.1) is 17.9 Å². The van der Waals surface area contributed by atoms with Crippen molar-refractivity contribution in [2.75, 3.05) is 6.61 Å². The third-order valence-corrected chi connectivity index (χ3v) is 3.28. The lowest BCUT2D eigenvalue weighted by atomic mass is 10.1. The molecule has 19 heavy (non-hydrogen) atoms. The van der Waals surface area contributed by atoms with E-state index in [-0.39, 0.29) is 5.78 Å². The van der Waals surface area contributed by atoms with Crippen LogP contribution in [0.2, 0.25) is 0 Å². The predicted octanol–water partition coefficient (Wildman–Crippen LogP) is 4.19. The minimum atomic E-state index is -0.0576. The fourth-order valence-electron chi connectivity index (χ4n) is 1.75. The van der Waals surface area contributed by atoms with Crippen LogP contribution in [0.1, 0.15) is 35.8 Å². The third kappa shape index (κ3) is 3.47. The molecular formula is C15H16BrNO2. The van der Waals surface area contributed by atoms with Gasteiger partial charge in [-0.1, -0.05) is 29.3 Å². The zero-order valence-electron chi connectivity index (χ0n) is 10.8. The van der Waals surface area contributed by atoms with Crippen molar-refractivity contribution < 1.29 is 9.53 Å². The van der Waals surface area contributed by atoms with Crippen LogP contribution in [0.3, 0.4) is 0 Å². The fourth-order valence-corrected chi connectivity index (χ4v) is 2.11. The number of benzene rings is 1. The summed E-state index contributed by atoms with van der Waals surface area (Å²) >= 11 is 3.39. The maximum atomic E-state index is 12.4. The van der Waals surface area contributed by atoms with Gasteiger partial charge >= 0.3 is 0 Å². The Balaban J connectivity index is 2.26. The summed E-state index contributed by atoms with van der Waals surface area (Å²) in [6, 6.07) is 9.08. The van der Waals surface area contributed by atoms with Gasteiger partial charge in [0, 0.05) is 10.7 Å². The highest BCUT2D eigenvalue weighted by molar-refractivity contribution is 9.10. The molecule has 0 radical (unpaired) electrons. The van der Waals surface area contributed by atoms with Gasteiger partial charge < -0.3 is 9.72 Å². The molecule has 1 heterocycles. The average Bonchev–Trinajstić information content (AvgIpc) is 2.94. The summed E-state index contributed by atoms with van der Waals surface area (Å²) in [6.07, 6.45) is 3.78. The lowest BCUT2D eigenvalue weighted by Crippen LogP contribution is -2.06. The molecule has 1 aromatic carbocycles. The number of aromatic amines is 1. The second-order valence-corrected chi connectivity index (χ2v) is 5.17. The van der Waals surface area contributed by atoms with Crippen LogP contribution < -0.4 is 4.74 Å². The molecule has 1 aromatic heterocycles. The van der Waals surface area contributed by atoms with E-state index in [0.717, 1.165) is 17.3 Å². The van der Waals surface area contributed by atoms with Crippen LogP contribution in [0.5, 0.6) is 5.75 Å². The molecule has 0 bridgehead atoms. The molecule has 0 amide bonds. The van der Waals surface area contributed by atoms with Gasteiger partial charge in [-0.15, -0.1) is 0 Å². The zero-order chi connectivity index (χ0) is 13.7. The van der Waals surface area contributed by atoms with E-state index in [0.29, 0.717) is 23.6 Å². The van der Waals surface area contributed by atoms with Gasteiger partial charge in [0.1, 0.15) is 5.75 Å². The number of ketones is 1. The van der Waals surface area contributed by atoms with Gasteiger partial charge in [0.15, 0.2) is 0 Å². The van der Waals surface area contributed by atoms with Crippen molar-refractivity contribution in [1.82, 2.24) is 4.98 Å². The summed E-state index contributed by atoms with van der Waals surface area (Å²) in [6.45, 7) is 2.74. The van der Waals surface area contributed by atoms with Gasteiger partial charge in [-0.3, -0.25) is 4.79 Å². The van der Waals surface area contributed by atoms with E-state index >= 15 is 0 Å². The topological polar surface area (TPSA) is 42.1 Å². The standard InChI is InChI=1S/C15H16BrNO2/c1-2-3-9-19-14-7-6-11(16)10-12(14)15(18)13-5-4-8-17-13/h4-8,10,17H,2-3,9H2,1H3. The van der Waals surface area contributed by atoms with Crippen LogP contribution in [0.15, 0.2) is 41.0 Å². The van der Waals surface area contributed by atoms with Crippen LogP contribution in [-0.4, -0.2) is 17.4 Å². The average molecular weight is 322 g/mol. The van der Waals surface area contributed by atoms with Crippen molar-refractivity contribution in [1.29, 1.82) is 0 Å². The number of carbonyl (C=O) groups is 1. The normalized spacial score (nSPS) is 10.4. The predicted molar refractivity (Wildman–Crippen MR) is 78.8 cm³/mol. The van der Waals surface area contributed by atoms with E-state index in [1.54, 1.807) is 18.3 Å². The van der Waals surface area contributed by atoms with E-state index in [4.69, 9.17) is 4.74 Å². The van der Waals surface area contributed by atoms with Crippen LogP contribution >= 0.6 is 15.9 Å². The summed E-state index contributed by atoms with van der Waals surface area (Å²) < 4.78 is 6.56. The Morgan fingerprint density at radius 1 is 1.37 bits per heavy atom. The number of carbonyl (C=O) groups excluding carboxylic acids is 1. The highest BCUT2D eigenvalue weighted by atomic mass is 79.9. The Morgan fingerprint density at radius 3 is 2.89 bits per heavy atom. The summed E-state index contributed by atoms with van der Waals surface area (Å²) in [4.78, 5) is 15.3. The number of hydrogen-bond acceptors (Lipinski definition) is 2. The van der Waals surface area contributed by atoms with E-state index in [9.17, 15) is 4.79 Å². The highest BCUT2D eigenvalue weighted by Crippen LogP contribution is 2.25.